The molecule has 2 amide bonds. The van der Waals surface area contributed by atoms with Gasteiger partial charge in [0, 0.05) is 32.8 Å². The summed E-state index contributed by atoms with van der Waals surface area (Å²) in [6, 6.07) is 5.56. The summed E-state index contributed by atoms with van der Waals surface area (Å²) >= 11 is 0. The lowest BCUT2D eigenvalue weighted by Gasteiger charge is -2.37. The fraction of sp³-hybridized carbons (Fsp3) is 0.611. The Hall–Kier alpha value is -1.95. The molecule has 130 valence electrons. The molecule has 6 nitrogen and oxygen atoms in total. The molecule has 1 aromatic heterocycles. The Morgan fingerprint density at radius 1 is 1.25 bits per heavy atom. The molecule has 1 N–H and O–H groups in total. The zero-order valence-electron chi connectivity index (χ0n) is 14.5. The zero-order chi connectivity index (χ0) is 17.3. The molecular weight excluding hydrogens is 306 g/mol. The Bertz CT molecular complexity index is 634. The van der Waals surface area contributed by atoms with Crippen LogP contribution in [0.4, 0.5) is 0 Å². The first-order chi connectivity index (χ1) is 11.5. The zero-order valence-corrected chi connectivity index (χ0v) is 14.5. The van der Waals surface area contributed by atoms with Gasteiger partial charge in [-0.25, -0.2) is 4.98 Å². The number of likely N-dealkylation sites (tertiary alicyclic amines) is 1. The predicted molar refractivity (Wildman–Crippen MR) is 89.5 cm³/mol. The van der Waals surface area contributed by atoms with E-state index in [0.717, 1.165) is 31.6 Å². The lowest BCUT2D eigenvalue weighted by Crippen LogP contribution is -2.49. The molecule has 0 unspecified atom stereocenters. The molecule has 6 heteroatoms. The van der Waals surface area contributed by atoms with Gasteiger partial charge in [0.25, 0.3) is 5.91 Å². The van der Waals surface area contributed by atoms with Gasteiger partial charge in [0.15, 0.2) is 0 Å². The van der Waals surface area contributed by atoms with Gasteiger partial charge in [-0.2, -0.15) is 0 Å². The third-order valence-electron chi connectivity index (χ3n) is 5.20. The van der Waals surface area contributed by atoms with Crippen LogP contribution in [0.5, 0.6) is 0 Å². The van der Waals surface area contributed by atoms with E-state index in [4.69, 9.17) is 4.74 Å². The smallest absolute Gasteiger partial charge is 0.272 e. The maximum atomic E-state index is 12.7. The number of rotatable bonds is 3. The summed E-state index contributed by atoms with van der Waals surface area (Å²) in [5.41, 5.74) is 1.36. The number of fused-ring (bicyclic) bond motifs is 1. The molecule has 1 aliphatic heterocycles. The predicted octanol–water partition coefficient (Wildman–Crippen LogP) is 1.39. The van der Waals surface area contributed by atoms with E-state index in [2.05, 4.69) is 10.3 Å². The number of carbonyl (C=O) groups is 2. The molecule has 4 atom stereocenters. The minimum Gasteiger partial charge on any atom is -0.379 e. The first-order valence-corrected chi connectivity index (χ1v) is 8.50. The number of hydrogen-bond donors (Lipinski definition) is 1. The van der Waals surface area contributed by atoms with Crippen LogP contribution in [0.3, 0.4) is 0 Å². The van der Waals surface area contributed by atoms with Crippen LogP contribution < -0.4 is 5.32 Å². The van der Waals surface area contributed by atoms with Crippen LogP contribution >= 0.6 is 0 Å². The summed E-state index contributed by atoms with van der Waals surface area (Å²) < 4.78 is 5.58. The highest BCUT2D eigenvalue weighted by molar-refractivity contribution is 5.92. The highest BCUT2D eigenvalue weighted by atomic mass is 16.5. The highest BCUT2D eigenvalue weighted by Gasteiger charge is 2.44. The Balaban J connectivity index is 1.70. The lowest BCUT2D eigenvalue weighted by atomic mass is 9.77. The summed E-state index contributed by atoms with van der Waals surface area (Å²) in [4.78, 5) is 30.4. The van der Waals surface area contributed by atoms with Crippen LogP contribution in [0, 0.1) is 18.8 Å². The molecule has 0 radical (unpaired) electrons. The van der Waals surface area contributed by atoms with E-state index in [1.54, 1.807) is 13.2 Å². The quantitative estimate of drug-likeness (QED) is 0.908. The van der Waals surface area contributed by atoms with E-state index in [9.17, 15) is 9.59 Å². The van der Waals surface area contributed by atoms with Crippen molar-refractivity contribution in [3.05, 3.63) is 29.6 Å². The van der Waals surface area contributed by atoms with E-state index >= 15 is 0 Å². The summed E-state index contributed by atoms with van der Waals surface area (Å²) in [5, 5.41) is 3.00. The van der Waals surface area contributed by atoms with Crippen LogP contribution in [0.1, 0.15) is 35.9 Å². The molecule has 1 saturated heterocycles. The topological polar surface area (TPSA) is 71.5 Å². The van der Waals surface area contributed by atoms with Gasteiger partial charge in [0.05, 0.1) is 12.1 Å². The van der Waals surface area contributed by atoms with Crippen molar-refractivity contribution in [3.8, 4) is 0 Å². The Labute approximate surface area is 142 Å². The SMILES string of the molecule is CO[C@@H]1C[C@H]2CN(C(=O)c3cccc(C)n3)C[C@H]2C[C@H]1NC(C)=O. The number of nitrogens with zero attached hydrogens (tertiary/aromatic N) is 2. The monoisotopic (exact) mass is 331 g/mol. The van der Waals surface area contributed by atoms with Crippen LogP contribution in [-0.4, -0.2) is 54.0 Å². The maximum absolute atomic E-state index is 12.7. The molecule has 24 heavy (non-hydrogen) atoms. The summed E-state index contributed by atoms with van der Waals surface area (Å²) in [6.45, 7) is 4.89. The summed E-state index contributed by atoms with van der Waals surface area (Å²) in [6.07, 6.45) is 1.74. The molecule has 1 saturated carbocycles. The number of ether oxygens (including phenoxy) is 1. The molecular formula is C18H25N3O3. The number of aromatic nitrogens is 1. The van der Waals surface area contributed by atoms with E-state index in [0.29, 0.717) is 17.5 Å². The van der Waals surface area contributed by atoms with Crippen molar-refractivity contribution in [2.75, 3.05) is 20.2 Å². The Kier molecular flexibility index (Phi) is 4.85. The van der Waals surface area contributed by atoms with Crippen molar-refractivity contribution in [1.29, 1.82) is 0 Å². The van der Waals surface area contributed by atoms with E-state index in [1.807, 2.05) is 24.0 Å². The lowest BCUT2D eigenvalue weighted by molar-refractivity contribution is -0.121. The second-order valence-electron chi connectivity index (χ2n) is 6.95. The number of carbonyl (C=O) groups excluding carboxylic acids is 2. The van der Waals surface area contributed by atoms with Crippen molar-refractivity contribution >= 4 is 11.8 Å². The van der Waals surface area contributed by atoms with Crippen molar-refractivity contribution in [3.63, 3.8) is 0 Å². The fourth-order valence-electron chi connectivity index (χ4n) is 4.08. The molecule has 2 aliphatic rings. The molecule has 3 rings (SSSR count). The molecule has 1 aromatic rings. The van der Waals surface area contributed by atoms with Crippen molar-refractivity contribution in [1.82, 2.24) is 15.2 Å². The molecule has 0 bridgehead atoms. The average Bonchev–Trinajstić information content (AvgIpc) is 2.95. The van der Waals surface area contributed by atoms with Crippen LogP contribution in [-0.2, 0) is 9.53 Å². The first kappa shape index (κ1) is 16.9. The average molecular weight is 331 g/mol. The highest BCUT2D eigenvalue weighted by Crippen LogP contribution is 2.37. The van der Waals surface area contributed by atoms with Gasteiger partial charge in [0.2, 0.25) is 5.91 Å². The second-order valence-corrected chi connectivity index (χ2v) is 6.95. The summed E-state index contributed by atoms with van der Waals surface area (Å²) in [7, 11) is 1.69. The minimum atomic E-state index is -0.0320. The van der Waals surface area contributed by atoms with Gasteiger partial charge in [-0.1, -0.05) is 6.07 Å². The second kappa shape index (κ2) is 6.89. The van der Waals surface area contributed by atoms with Crippen molar-refractivity contribution in [2.24, 2.45) is 11.8 Å². The van der Waals surface area contributed by atoms with Crippen LogP contribution in [0.25, 0.3) is 0 Å². The molecule has 0 aromatic carbocycles. The van der Waals surface area contributed by atoms with E-state index in [1.165, 1.54) is 6.92 Å². The largest absolute Gasteiger partial charge is 0.379 e. The van der Waals surface area contributed by atoms with Crippen LogP contribution in [0.15, 0.2) is 18.2 Å². The number of hydrogen-bond acceptors (Lipinski definition) is 4. The molecule has 2 heterocycles. The number of aryl methyl sites for hydroxylation is 1. The Morgan fingerprint density at radius 2 is 1.96 bits per heavy atom. The van der Waals surface area contributed by atoms with E-state index in [-0.39, 0.29) is 24.0 Å². The number of amides is 2. The van der Waals surface area contributed by atoms with Gasteiger partial charge >= 0.3 is 0 Å². The Morgan fingerprint density at radius 3 is 2.58 bits per heavy atom. The molecule has 1 aliphatic carbocycles. The van der Waals surface area contributed by atoms with Gasteiger partial charge in [0.1, 0.15) is 5.69 Å². The maximum Gasteiger partial charge on any atom is 0.272 e. The van der Waals surface area contributed by atoms with Crippen molar-refractivity contribution in [2.45, 2.75) is 38.8 Å². The van der Waals surface area contributed by atoms with Crippen molar-refractivity contribution < 1.29 is 14.3 Å². The molecule has 0 spiro atoms. The number of methoxy groups -OCH3 is 1. The first-order valence-electron chi connectivity index (χ1n) is 8.50. The standard InChI is InChI=1S/C18H25N3O3/c1-11-5-4-6-15(19-11)18(23)21-9-13-7-16(20-12(2)22)17(24-3)8-14(13)10-21/h4-6,13-14,16-17H,7-10H2,1-3H3,(H,20,22)/t13-,14+,16-,17-/m1/s1. The van der Waals surface area contributed by atoms with Gasteiger partial charge in [-0.05, 0) is 43.7 Å². The van der Waals surface area contributed by atoms with Gasteiger partial charge < -0.3 is 15.0 Å². The number of pyridine rings is 1. The van der Waals surface area contributed by atoms with Gasteiger partial charge in [-0.3, -0.25) is 9.59 Å². The van der Waals surface area contributed by atoms with Gasteiger partial charge in [-0.15, -0.1) is 0 Å². The molecule has 2 fully saturated rings. The summed E-state index contributed by atoms with van der Waals surface area (Å²) in [5.74, 6) is 0.796. The third-order valence-corrected chi connectivity index (χ3v) is 5.20. The number of nitrogens with one attached hydrogen (secondary N) is 1. The minimum absolute atomic E-state index is 0.00172. The van der Waals surface area contributed by atoms with Crippen LogP contribution in [0.2, 0.25) is 0 Å². The normalized spacial score (nSPS) is 29.2. The fourth-order valence-corrected chi connectivity index (χ4v) is 4.08. The third kappa shape index (κ3) is 3.43. The van der Waals surface area contributed by atoms with E-state index < -0.39 is 0 Å².